The van der Waals surface area contributed by atoms with E-state index in [1.54, 1.807) is 18.6 Å². The molecule has 1 aromatic carbocycles. The van der Waals surface area contributed by atoms with E-state index in [0.717, 1.165) is 22.9 Å². The van der Waals surface area contributed by atoms with Crippen molar-refractivity contribution >= 4 is 0 Å². The van der Waals surface area contributed by atoms with E-state index in [-0.39, 0.29) is 11.7 Å². The van der Waals surface area contributed by atoms with Gasteiger partial charge in [-0.25, -0.2) is 9.37 Å². The number of benzene rings is 1. The van der Waals surface area contributed by atoms with E-state index >= 15 is 0 Å². The van der Waals surface area contributed by atoms with Crippen LogP contribution in [0.25, 0.3) is 28.6 Å². The quantitative estimate of drug-likeness (QED) is 0.409. The minimum absolute atomic E-state index is 0.102. The van der Waals surface area contributed by atoms with Crippen LogP contribution < -0.4 is 0 Å². The Morgan fingerprint density at radius 3 is 2.82 bits per heavy atom. The van der Waals surface area contributed by atoms with Crippen LogP contribution in [0.3, 0.4) is 0 Å². The fraction of sp³-hybridized carbons (Fsp3) is 0.217. The topological polar surface area (TPSA) is 100 Å². The van der Waals surface area contributed by atoms with Gasteiger partial charge in [-0.2, -0.15) is 4.98 Å². The summed E-state index contributed by atoms with van der Waals surface area (Å²) >= 11 is 0. The van der Waals surface area contributed by atoms with Gasteiger partial charge < -0.3 is 9.09 Å². The highest BCUT2D eigenvalue weighted by Crippen LogP contribution is 2.35. The zero-order valence-corrected chi connectivity index (χ0v) is 18.0. The minimum Gasteiger partial charge on any atom is -0.339 e. The Hall–Kier alpha value is -4.21. The molecule has 1 aliphatic heterocycles. The first kappa shape index (κ1) is 19.5. The Labute approximate surface area is 188 Å². The van der Waals surface area contributed by atoms with Crippen molar-refractivity contribution in [3.63, 3.8) is 0 Å². The SMILES string of the molecule is CC(C)c1nc(-c2ncn3c2Cn2c(Cc4ccccn4)nnc2-c2cc(F)ccc2-3)no1. The molecule has 5 heterocycles. The molecule has 6 rings (SSSR count). The molecule has 0 aliphatic carbocycles. The second-order valence-electron chi connectivity index (χ2n) is 8.21. The molecule has 1 aliphatic rings. The lowest BCUT2D eigenvalue weighted by molar-refractivity contribution is 0.365. The van der Waals surface area contributed by atoms with Crippen LogP contribution in [0.5, 0.6) is 0 Å². The predicted molar refractivity (Wildman–Crippen MR) is 116 cm³/mol. The van der Waals surface area contributed by atoms with Crippen LogP contribution >= 0.6 is 0 Å². The van der Waals surface area contributed by atoms with Crippen LogP contribution in [0.4, 0.5) is 4.39 Å². The molecule has 164 valence electrons. The first-order chi connectivity index (χ1) is 16.1. The number of hydrogen-bond donors (Lipinski definition) is 0. The number of hydrogen-bond acceptors (Lipinski definition) is 7. The Morgan fingerprint density at radius 1 is 1.12 bits per heavy atom. The van der Waals surface area contributed by atoms with E-state index in [2.05, 4.69) is 30.3 Å². The lowest BCUT2D eigenvalue weighted by Gasteiger charge is -2.08. The monoisotopic (exact) mass is 442 g/mol. The maximum Gasteiger partial charge on any atom is 0.229 e. The van der Waals surface area contributed by atoms with Crippen molar-refractivity contribution in [2.45, 2.75) is 32.7 Å². The molecule has 4 aromatic heterocycles. The molecule has 0 atom stereocenters. The van der Waals surface area contributed by atoms with Gasteiger partial charge in [0, 0.05) is 23.4 Å². The van der Waals surface area contributed by atoms with Crippen LogP contribution in [0.15, 0.2) is 53.4 Å². The van der Waals surface area contributed by atoms with Gasteiger partial charge in [-0.3, -0.25) is 9.55 Å². The first-order valence-corrected chi connectivity index (χ1v) is 10.6. The number of rotatable bonds is 4. The molecule has 0 saturated heterocycles. The fourth-order valence-corrected chi connectivity index (χ4v) is 4.03. The molecule has 0 N–H and O–H groups in total. The van der Waals surface area contributed by atoms with Gasteiger partial charge in [0.25, 0.3) is 0 Å². The predicted octanol–water partition coefficient (Wildman–Crippen LogP) is 3.79. The number of nitrogens with zero attached hydrogens (tertiary/aromatic N) is 8. The smallest absolute Gasteiger partial charge is 0.229 e. The summed E-state index contributed by atoms with van der Waals surface area (Å²) in [5, 5.41) is 13.0. The zero-order valence-electron chi connectivity index (χ0n) is 18.0. The largest absolute Gasteiger partial charge is 0.339 e. The maximum atomic E-state index is 14.3. The van der Waals surface area contributed by atoms with E-state index in [0.29, 0.717) is 41.8 Å². The molecule has 0 radical (unpaired) electrons. The number of fused-ring (bicyclic) bond motifs is 5. The third-order valence-corrected chi connectivity index (χ3v) is 5.67. The van der Waals surface area contributed by atoms with Crippen molar-refractivity contribution in [3.8, 4) is 28.6 Å². The molecule has 0 saturated carbocycles. The molecule has 0 fully saturated rings. The van der Waals surface area contributed by atoms with Crippen molar-refractivity contribution in [1.82, 2.24) is 39.4 Å². The molecule has 0 bridgehead atoms. The van der Waals surface area contributed by atoms with Crippen LogP contribution in [-0.4, -0.2) is 39.4 Å². The van der Waals surface area contributed by atoms with Gasteiger partial charge in [-0.1, -0.05) is 25.1 Å². The van der Waals surface area contributed by atoms with E-state index in [1.807, 2.05) is 41.2 Å². The Kier molecular flexibility index (Phi) is 4.39. The molecular formula is C23H19FN8O. The van der Waals surface area contributed by atoms with Gasteiger partial charge in [0.1, 0.15) is 23.7 Å². The van der Waals surface area contributed by atoms with Crippen molar-refractivity contribution in [2.24, 2.45) is 0 Å². The van der Waals surface area contributed by atoms with Gasteiger partial charge in [-0.15, -0.1) is 10.2 Å². The second-order valence-corrected chi connectivity index (χ2v) is 8.21. The van der Waals surface area contributed by atoms with Crippen LogP contribution in [-0.2, 0) is 13.0 Å². The number of pyridine rings is 1. The summed E-state index contributed by atoms with van der Waals surface area (Å²) in [6.45, 7) is 4.38. The van der Waals surface area contributed by atoms with Crippen molar-refractivity contribution < 1.29 is 8.91 Å². The highest BCUT2D eigenvalue weighted by Gasteiger charge is 2.28. The van der Waals surface area contributed by atoms with Gasteiger partial charge >= 0.3 is 0 Å². The summed E-state index contributed by atoms with van der Waals surface area (Å²) in [6, 6.07) is 10.4. The average molecular weight is 442 g/mol. The molecule has 10 heteroatoms. The standard InChI is InChI=1S/C23H19FN8O/c1-13(2)23-27-21(30-33-23)20-18-11-31-19(10-15-5-3-4-8-25-15)28-29-22(31)16-9-14(24)6-7-17(16)32(18)12-26-20/h3-9,12-13H,10-11H2,1-2H3. The highest BCUT2D eigenvalue weighted by atomic mass is 19.1. The van der Waals surface area contributed by atoms with E-state index < -0.39 is 0 Å². The van der Waals surface area contributed by atoms with Gasteiger partial charge in [0.2, 0.25) is 11.7 Å². The number of imidazole rings is 1. The average Bonchev–Trinajstić information content (AvgIpc) is 3.53. The Morgan fingerprint density at radius 2 is 2.03 bits per heavy atom. The van der Waals surface area contributed by atoms with E-state index in [1.165, 1.54) is 12.1 Å². The summed E-state index contributed by atoms with van der Waals surface area (Å²) in [5.41, 5.74) is 3.69. The Bertz CT molecular complexity index is 1470. The summed E-state index contributed by atoms with van der Waals surface area (Å²) in [6.07, 6.45) is 3.93. The van der Waals surface area contributed by atoms with Crippen LogP contribution in [0.2, 0.25) is 0 Å². The van der Waals surface area contributed by atoms with Gasteiger partial charge in [-0.05, 0) is 30.3 Å². The van der Waals surface area contributed by atoms with Crippen LogP contribution in [0, 0.1) is 5.82 Å². The Balaban J connectivity index is 1.53. The van der Waals surface area contributed by atoms with E-state index in [4.69, 9.17) is 4.52 Å². The highest BCUT2D eigenvalue weighted by molar-refractivity contribution is 5.71. The van der Waals surface area contributed by atoms with E-state index in [9.17, 15) is 4.39 Å². The molecule has 5 aromatic rings. The van der Waals surface area contributed by atoms with Crippen LogP contribution in [0.1, 0.15) is 42.9 Å². The zero-order chi connectivity index (χ0) is 22.5. The minimum atomic E-state index is -0.349. The molecule has 0 spiro atoms. The van der Waals surface area contributed by atoms with Crippen molar-refractivity contribution in [2.75, 3.05) is 0 Å². The second kappa shape index (κ2) is 7.44. The first-order valence-electron chi connectivity index (χ1n) is 10.6. The normalized spacial score (nSPS) is 12.4. The number of halogens is 1. The number of aromatic nitrogens is 8. The summed E-state index contributed by atoms with van der Waals surface area (Å²) < 4.78 is 23.6. The maximum absolute atomic E-state index is 14.3. The van der Waals surface area contributed by atoms with Gasteiger partial charge in [0.15, 0.2) is 5.82 Å². The van der Waals surface area contributed by atoms with Crippen molar-refractivity contribution in [3.05, 3.63) is 77.8 Å². The van der Waals surface area contributed by atoms with Gasteiger partial charge in [0.05, 0.1) is 24.3 Å². The molecule has 33 heavy (non-hydrogen) atoms. The lowest BCUT2D eigenvalue weighted by atomic mass is 10.1. The summed E-state index contributed by atoms with van der Waals surface area (Å²) in [4.78, 5) is 13.5. The molecule has 0 unspecified atom stereocenters. The summed E-state index contributed by atoms with van der Waals surface area (Å²) in [7, 11) is 0. The molecule has 0 amide bonds. The van der Waals surface area contributed by atoms with Crippen molar-refractivity contribution in [1.29, 1.82) is 0 Å². The lowest BCUT2D eigenvalue weighted by Crippen LogP contribution is -2.09. The summed E-state index contributed by atoms with van der Waals surface area (Å²) in [5.74, 6) is 2.02. The molecular weight excluding hydrogens is 423 g/mol. The molecule has 9 nitrogen and oxygen atoms in total. The third-order valence-electron chi connectivity index (χ3n) is 5.67. The third kappa shape index (κ3) is 3.22. The fourth-order valence-electron chi connectivity index (χ4n) is 4.03.